The van der Waals surface area contributed by atoms with Gasteiger partial charge in [0.25, 0.3) is 0 Å². The average molecular weight is 398 g/mol. The number of rotatable bonds is 4. The van der Waals surface area contributed by atoms with E-state index in [0.29, 0.717) is 22.4 Å². The monoisotopic (exact) mass is 397 g/mol. The van der Waals surface area contributed by atoms with Crippen molar-refractivity contribution in [1.82, 2.24) is 20.0 Å². The first kappa shape index (κ1) is 18.5. The van der Waals surface area contributed by atoms with Crippen LogP contribution in [-0.4, -0.2) is 33.6 Å². The summed E-state index contributed by atoms with van der Waals surface area (Å²) >= 11 is 6.14. The number of nitrogens with one attached hydrogen (secondary N) is 1. The first-order valence-corrected chi connectivity index (χ1v) is 9.24. The molecule has 2 aromatic heterocycles. The van der Waals surface area contributed by atoms with Gasteiger partial charge < -0.3 is 9.30 Å². The molecule has 0 radical (unpaired) electrons. The van der Waals surface area contributed by atoms with Crippen LogP contribution in [-0.2, 0) is 4.84 Å². The molecule has 0 unspecified atom stereocenters. The number of hydroxylamine groups is 1. The summed E-state index contributed by atoms with van der Waals surface area (Å²) in [5.41, 5.74) is 6.21. The minimum Gasteiger partial charge on any atom is -0.479 e. The van der Waals surface area contributed by atoms with Crippen LogP contribution in [0.15, 0.2) is 53.9 Å². The van der Waals surface area contributed by atoms with Crippen molar-refractivity contribution in [3.05, 3.63) is 70.9 Å². The first-order chi connectivity index (χ1) is 13.5. The minimum atomic E-state index is -0.196. The number of aromatic nitrogens is 3. The summed E-state index contributed by atoms with van der Waals surface area (Å²) in [5.74, 6) is 1.01. The van der Waals surface area contributed by atoms with Crippen LogP contribution in [0.1, 0.15) is 29.9 Å². The van der Waals surface area contributed by atoms with Crippen molar-refractivity contribution in [1.29, 1.82) is 0 Å². The lowest BCUT2D eigenvalue weighted by Gasteiger charge is -2.28. The lowest BCUT2D eigenvalue weighted by molar-refractivity contribution is -0.00478. The van der Waals surface area contributed by atoms with Crippen molar-refractivity contribution in [2.24, 2.45) is 4.99 Å². The van der Waals surface area contributed by atoms with Gasteiger partial charge in [-0.2, -0.15) is 0 Å². The summed E-state index contributed by atoms with van der Waals surface area (Å²) in [5, 5.41) is 0.666. The lowest BCUT2D eigenvalue weighted by Crippen LogP contribution is -2.38. The van der Waals surface area contributed by atoms with Crippen molar-refractivity contribution >= 4 is 17.4 Å². The van der Waals surface area contributed by atoms with Crippen LogP contribution in [0.2, 0.25) is 5.02 Å². The molecule has 144 valence electrons. The molecule has 2 atom stereocenters. The van der Waals surface area contributed by atoms with Gasteiger partial charge in [-0.3, -0.25) is 9.83 Å². The Morgan fingerprint density at radius 3 is 2.82 bits per heavy atom. The van der Waals surface area contributed by atoms with Gasteiger partial charge in [0.2, 0.25) is 5.88 Å². The number of nitrogens with zero attached hydrogens (tertiary/aromatic N) is 4. The Kier molecular flexibility index (Phi) is 5.02. The fourth-order valence-corrected chi connectivity index (χ4v) is 3.30. The van der Waals surface area contributed by atoms with E-state index in [1.54, 1.807) is 13.4 Å². The van der Waals surface area contributed by atoms with Crippen molar-refractivity contribution < 1.29 is 9.57 Å². The molecular formula is C20H20ClN5O2. The first-order valence-electron chi connectivity index (χ1n) is 8.86. The number of imidazole rings is 1. The molecule has 7 nitrogen and oxygen atoms in total. The smallest absolute Gasteiger partial charge is 0.238 e. The minimum absolute atomic E-state index is 0.155. The van der Waals surface area contributed by atoms with Crippen molar-refractivity contribution in [3.8, 4) is 11.6 Å². The van der Waals surface area contributed by atoms with E-state index in [2.05, 4.69) is 15.4 Å². The second-order valence-electron chi connectivity index (χ2n) is 6.55. The quantitative estimate of drug-likeness (QED) is 0.727. The maximum Gasteiger partial charge on any atom is 0.238 e. The Hall–Kier alpha value is -2.90. The Labute approximate surface area is 168 Å². The molecule has 4 rings (SSSR count). The third kappa shape index (κ3) is 3.58. The molecule has 0 fully saturated rings. The summed E-state index contributed by atoms with van der Waals surface area (Å²) in [6.07, 6.45) is 3.48. The second-order valence-corrected chi connectivity index (χ2v) is 6.99. The van der Waals surface area contributed by atoms with Crippen LogP contribution in [0.25, 0.3) is 5.69 Å². The van der Waals surface area contributed by atoms with E-state index in [0.717, 1.165) is 16.9 Å². The van der Waals surface area contributed by atoms with Crippen LogP contribution >= 0.6 is 11.6 Å². The third-order valence-corrected chi connectivity index (χ3v) is 4.75. The number of aryl methyl sites for hydroxylation is 1. The highest BCUT2D eigenvalue weighted by atomic mass is 35.5. The van der Waals surface area contributed by atoms with Crippen molar-refractivity contribution in [2.45, 2.75) is 26.0 Å². The number of hydrogen-bond acceptors (Lipinski definition) is 6. The summed E-state index contributed by atoms with van der Waals surface area (Å²) in [4.78, 5) is 19.4. The third-order valence-electron chi connectivity index (χ3n) is 4.51. The fourth-order valence-electron chi connectivity index (χ4n) is 3.10. The zero-order valence-corrected chi connectivity index (χ0v) is 16.5. The molecule has 0 bridgehead atoms. The maximum absolute atomic E-state index is 6.14. The molecule has 3 heterocycles. The van der Waals surface area contributed by atoms with Gasteiger partial charge in [-0.15, -0.1) is 0 Å². The Bertz CT molecular complexity index is 1030. The van der Waals surface area contributed by atoms with Gasteiger partial charge in [-0.05, 0) is 43.7 Å². The summed E-state index contributed by atoms with van der Waals surface area (Å²) < 4.78 is 7.36. The van der Waals surface area contributed by atoms with E-state index in [4.69, 9.17) is 26.2 Å². The predicted octanol–water partition coefficient (Wildman–Crippen LogP) is 3.65. The highest BCUT2D eigenvalue weighted by Crippen LogP contribution is 2.29. The normalized spacial score (nSPS) is 19.1. The Morgan fingerprint density at radius 2 is 2.11 bits per heavy atom. The summed E-state index contributed by atoms with van der Waals surface area (Å²) in [7, 11) is 1.59. The molecular weight excluding hydrogens is 378 g/mol. The van der Waals surface area contributed by atoms with Gasteiger partial charge in [0.1, 0.15) is 23.5 Å². The molecule has 8 heteroatoms. The molecule has 28 heavy (non-hydrogen) atoms. The number of halogens is 1. The number of ether oxygens (including phenoxy) is 1. The standard InChI is InChI=1S/C20H20ClN5O2/c1-12-10-26(11-22-12)17-8-7-16(23-20(17)27-3)19-24-18(13(2)28-25-19)14-5-4-6-15(21)9-14/h4-11,13,18H,1-3H3,(H,24,25)/t13-,18-/m0/s1. The number of methoxy groups -OCH3 is 1. The van der Waals surface area contributed by atoms with E-state index >= 15 is 0 Å². The molecule has 1 N–H and O–H groups in total. The molecule has 1 aromatic carbocycles. The summed E-state index contributed by atoms with van der Waals surface area (Å²) in [6.45, 7) is 3.89. The van der Waals surface area contributed by atoms with E-state index in [1.807, 2.05) is 61.0 Å². The SMILES string of the molecule is COc1nc(C2=N[C@H](c3cccc(Cl)c3)[C@H](C)ON2)ccc1-n1cnc(C)c1. The van der Waals surface area contributed by atoms with E-state index in [-0.39, 0.29) is 12.1 Å². The zero-order valence-electron chi connectivity index (χ0n) is 15.8. The van der Waals surface area contributed by atoms with Crippen LogP contribution in [0.3, 0.4) is 0 Å². The molecule has 0 amide bonds. The Balaban J connectivity index is 1.70. The van der Waals surface area contributed by atoms with Crippen LogP contribution < -0.4 is 10.2 Å². The van der Waals surface area contributed by atoms with Gasteiger partial charge >= 0.3 is 0 Å². The molecule has 1 aliphatic heterocycles. The van der Waals surface area contributed by atoms with E-state index in [9.17, 15) is 0 Å². The van der Waals surface area contributed by atoms with Gasteiger partial charge in [-0.1, -0.05) is 23.7 Å². The number of amidine groups is 1. The average Bonchev–Trinajstić information content (AvgIpc) is 3.14. The number of benzene rings is 1. The van der Waals surface area contributed by atoms with Crippen LogP contribution in [0, 0.1) is 6.92 Å². The van der Waals surface area contributed by atoms with Gasteiger partial charge in [0, 0.05) is 11.2 Å². The molecule has 0 spiro atoms. The highest BCUT2D eigenvalue weighted by Gasteiger charge is 2.27. The zero-order chi connectivity index (χ0) is 19.7. The van der Waals surface area contributed by atoms with Crippen LogP contribution in [0.5, 0.6) is 5.88 Å². The van der Waals surface area contributed by atoms with Crippen molar-refractivity contribution in [2.75, 3.05) is 7.11 Å². The molecule has 1 aliphatic rings. The van der Waals surface area contributed by atoms with E-state index < -0.39 is 0 Å². The van der Waals surface area contributed by atoms with Crippen molar-refractivity contribution in [3.63, 3.8) is 0 Å². The van der Waals surface area contributed by atoms with Gasteiger partial charge in [0.05, 0.1) is 19.1 Å². The number of pyridine rings is 1. The molecule has 0 saturated carbocycles. The van der Waals surface area contributed by atoms with Gasteiger partial charge in [0.15, 0.2) is 5.84 Å². The lowest BCUT2D eigenvalue weighted by atomic mass is 10.0. The molecule has 0 aliphatic carbocycles. The predicted molar refractivity (Wildman–Crippen MR) is 107 cm³/mol. The van der Waals surface area contributed by atoms with E-state index in [1.165, 1.54) is 0 Å². The fraction of sp³-hybridized carbons (Fsp3) is 0.250. The number of hydrogen-bond donors (Lipinski definition) is 1. The maximum atomic E-state index is 6.14. The van der Waals surface area contributed by atoms with Crippen LogP contribution in [0.4, 0.5) is 0 Å². The topological polar surface area (TPSA) is 73.6 Å². The Morgan fingerprint density at radius 1 is 1.25 bits per heavy atom. The second kappa shape index (κ2) is 7.61. The highest BCUT2D eigenvalue weighted by molar-refractivity contribution is 6.30. The largest absolute Gasteiger partial charge is 0.479 e. The van der Waals surface area contributed by atoms with Gasteiger partial charge in [-0.25, -0.2) is 15.4 Å². The molecule has 3 aromatic rings. The molecule has 0 saturated heterocycles. The number of aliphatic imine (C=N–C) groups is 1. The summed E-state index contributed by atoms with van der Waals surface area (Å²) in [6, 6.07) is 11.2.